The fourth-order valence-corrected chi connectivity index (χ4v) is 2.62. The first-order valence-corrected chi connectivity index (χ1v) is 6.65. The molecule has 3 rings (SSSR count). The van der Waals surface area contributed by atoms with Gasteiger partial charge >= 0.3 is 0 Å². The Balaban J connectivity index is 2.19. The van der Waals surface area contributed by atoms with Crippen molar-refractivity contribution < 1.29 is 0 Å². The highest BCUT2D eigenvalue weighted by Gasteiger charge is 2.25. The van der Waals surface area contributed by atoms with Crippen LogP contribution in [-0.4, -0.2) is 6.04 Å². The molecule has 1 aliphatic rings. The third-order valence-electron chi connectivity index (χ3n) is 3.48. The molecule has 0 spiro atoms. The van der Waals surface area contributed by atoms with Gasteiger partial charge in [-0.3, -0.25) is 0 Å². The van der Waals surface area contributed by atoms with Crippen LogP contribution in [0, 0.1) is 0 Å². The van der Waals surface area contributed by atoms with E-state index in [0.29, 0.717) is 0 Å². The smallest absolute Gasteiger partial charge is 0.0707 e. The quantitative estimate of drug-likeness (QED) is 0.842. The van der Waals surface area contributed by atoms with Crippen LogP contribution >= 0.6 is 11.6 Å². The van der Waals surface area contributed by atoms with Crippen molar-refractivity contribution in [3.63, 3.8) is 0 Å². The van der Waals surface area contributed by atoms with E-state index in [4.69, 9.17) is 17.3 Å². The number of hydrogen-bond acceptors (Lipinski definition) is 2. The van der Waals surface area contributed by atoms with Gasteiger partial charge in [-0.1, -0.05) is 35.9 Å². The van der Waals surface area contributed by atoms with Gasteiger partial charge in [0.05, 0.1) is 11.7 Å². The molecule has 3 heteroatoms. The van der Waals surface area contributed by atoms with Gasteiger partial charge in [-0.25, -0.2) is 0 Å². The van der Waals surface area contributed by atoms with Gasteiger partial charge in [0.2, 0.25) is 0 Å². The van der Waals surface area contributed by atoms with Gasteiger partial charge in [0.1, 0.15) is 0 Å². The lowest BCUT2D eigenvalue weighted by Gasteiger charge is -2.36. The number of fused-ring (bicyclic) bond motifs is 1. The zero-order chi connectivity index (χ0) is 13.4. The van der Waals surface area contributed by atoms with Crippen LogP contribution in [0.4, 0.5) is 11.4 Å². The largest absolute Gasteiger partial charge is 0.400 e. The normalized spacial score (nSPS) is 17.9. The molecule has 2 nitrogen and oxygen atoms in total. The first-order chi connectivity index (χ1) is 9.16. The maximum Gasteiger partial charge on any atom is 0.0707 e. The lowest BCUT2D eigenvalue weighted by molar-refractivity contribution is 0.798. The summed E-state index contributed by atoms with van der Waals surface area (Å²) in [6.45, 7) is 2.10. The minimum Gasteiger partial charge on any atom is -0.400 e. The minimum atomic E-state index is 0.119. The molecule has 0 aliphatic carbocycles. The van der Waals surface area contributed by atoms with Crippen LogP contribution < -0.4 is 10.6 Å². The number of para-hydroxylation sites is 1. The first-order valence-electron chi connectivity index (χ1n) is 6.28. The van der Waals surface area contributed by atoms with Crippen molar-refractivity contribution in [1.29, 1.82) is 0 Å². The molecule has 0 radical (unpaired) electrons. The van der Waals surface area contributed by atoms with Crippen LogP contribution in [0.25, 0.3) is 6.08 Å². The summed E-state index contributed by atoms with van der Waals surface area (Å²) in [4.78, 5) is 2.22. The van der Waals surface area contributed by atoms with E-state index >= 15 is 0 Å². The minimum absolute atomic E-state index is 0.119. The molecule has 1 heterocycles. The summed E-state index contributed by atoms with van der Waals surface area (Å²) in [6.07, 6.45) is 2.02. The molecule has 0 aromatic heterocycles. The number of anilines is 2. The summed E-state index contributed by atoms with van der Waals surface area (Å²) in [5, 5.41) is 0.737. The average Bonchev–Trinajstić information content (AvgIpc) is 2.42. The highest BCUT2D eigenvalue weighted by Crippen LogP contribution is 2.38. The van der Waals surface area contributed by atoms with Crippen molar-refractivity contribution in [3.05, 3.63) is 64.8 Å². The Morgan fingerprint density at radius 2 is 1.84 bits per heavy atom. The third kappa shape index (κ3) is 2.08. The number of halogens is 1. The predicted octanol–water partition coefficient (Wildman–Crippen LogP) is 4.18. The molecule has 1 unspecified atom stereocenters. The average molecular weight is 271 g/mol. The Labute approximate surface area is 118 Å². The zero-order valence-electron chi connectivity index (χ0n) is 10.7. The molecule has 0 amide bonds. The summed E-state index contributed by atoms with van der Waals surface area (Å²) >= 11 is 6.13. The second kappa shape index (κ2) is 4.63. The van der Waals surface area contributed by atoms with E-state index in [9.17, 15) is 0 Å². The molecular formula is C16H15ClN2. The molecule has 0 saturated carbocycles. The standard InChI is InChI=1S/C16H15ClN2/c1-11-15(18)9-12-7-8-13(17)10-16(12)19(11)14-5-3-2-4-6-14/h2-11H,18H2,1H3. The SMILES string of the molecule is CC1C(N)=Cc2ccc(Cl)cc2N1c1ccccc1. The molecule has 2 aromatic rings. The van der Waals surface area contributed by atoms with E-state index in [1.807, 2.05) is 42.5 Å². The van der Waals surface area contributed by atoms with Crippen molar-refractivity contribution in [2.75, 3.05) is 4.90 Å². The highest BCUT2D eigenvalue weighted by atomic mass is 35.5. The van der Waals surface area contributed by atoms with E-state index in [-0.39, 0.29) is 6.04 Å². The number of hydrogen-bond donors (Lipinski definition) is 1. The second-order valence-electron chi connectivity index (χ2n) is 4.73. The monoisotopic (exact) mass is 270 g/mol. The maximum absolute atomic E-state index is 6.15. The van der Waals surface area contributed by atoms with E-state index in [1.165, 1.54) is 0 Å². The first kappa shape index (κ1) is 12.1. The summed E-state index contributed by atoms with van der Waals surface area (Å²) in [5.41, 5.74) is 10.3. The lowest BCUT2D eigenvalue weighted by Crippen LogP contribution is -2.35. The van der Waals surface area contributed by atoms with Crippen molar-refractivity contribution in [3.8, 4) is 0 Å². The molecule has 2 aromatic carbocycles. The van der Waals surface area contributed by atoms with E-state index in [0.717, 1.165) is 27.7 Å². The van der Waals surface area contributed by atoms with Gasteiger partial charge in [0, 0.05) is 22.0 Å². The Morgan fingerprint density at radius 1 is 1.11 bits per heavy atom. The van der Waals surface area contributed by atoms with Gasteiger partial charge in [-0.2, -0.15) is 0 Å². The Kier molecular flexibility index (Phi) is 2.96. The number of nitrogens with zero attached hydrogens (tertiary/aromatic N) is 1. The van der Waals surface area contributed by atoms with Crippen molar-refractivity contribution >= 4 is 29.1 Å². The van der Waals surface area contributed by atoms with Crippen molar-refractivity contribution in [2.45, 2.75) is 13.0 Å². The maximum atomic E-state index is 6.15. The van der Waals surface area contributed by atoms with Crippen molar-refractivity contribution in [2.24, 2.45) is 5.73 Å². The Hall–Kier alpha value is -1.93. The molecule has 0 saturated heterocycles. The van der Waals surface area contributed by atoms with Crippen LogP contribution in [0.1, 0.15) is 12.5 Å². The molecule has 0 bridgehead atoms. The van der Waals surface area contributed by atoms with Crippen LogP contribution in [0.3, 0.4) is 0 Å². The molecule has 1 atom stereocenters. The van der Waals surface area contributed by atoms with Gasteiger partial charge in [0.15, 0.2) is 0 Å². The molecule has 96 valence electrons. The topological polar surface area (TPSA) is 29.3 Å². The summed E-state index contributed by atoms with van der Waals surface area (Å²) in [5.74, 6) is 0. The van der Waals surface area contributed by atoms with Crippen LogP contribution in [-0.2, 0) is 0 Å². The summed E-state index contributed by atoms with van der Waals surface area (Å²) < 4.78 is 0. The zero-order valence-corrected chi connectivity index (χ0v) is 11.4. The highest BCUT2D eigenvalue weighted by molar-refractivity contribution is 6.31. The number of rotatable bonds is 1. The summed E-state index contributed by atoms with van der Waals surface area (Å²) in [6, 6.07) is 16.2. The van der Waals surface area contributed by atoms with Crippen molar-refractivity contribution in [1.82, 2.24) is 0 Å². The molecule has 0 fully saturated rings. The summed E-state index contributed by atoms with van der Waals surface area (Å²) in [7, 11) is 0. The fraction of sp³-hybridized carbons (Fsp3) is 0.125. The number of benzene rings is 2. The van der Waals surface area contributed by atoms with Gasteiger partial charge in [-0.15, -0.1) is 0 Å². The fourth-order valence-electron chi connectivity index (χ4n) is 2.46. The van der Waals surface area contributed by atoms with E-state index in [2.05, 4.69) is 24.0 Å². The third-order valence-corrected chi connectivity index (χ3v) is 3.71. The van der Waals surface area contributed by atoms with Crippen LogP contribution in [0.15, 0.2) is 54.2 Å². The van der Waals surface area contributed by atoms with Crippen LogP contribution in [0.5, 0.6) is 0 Å². The van der Waals surface area contributed by atoms with E-state index < -0.39 is 0 Å². The van der Waals surface area contributed by atoms with Gasteiger partial charge < -0.3 is 10.6 Å². The second-order valence-corrected chi connectivity index (χ2v) is 5.17. The van der Waals surface area contributed by atoms with E-state index in [1.54, 1.807) is 0 Å². The number of nitrogens with two attached hydrogens (primary N) is 1. The molecule has 1 aliphatic heterocycles. The Morgan fingerprint density at radius 3 is 2.58 bits per heavy atom. The van der Waals surface area contributed by atoms with Crippen LogP contribution in [0.2, 0.25) is 5.02 Å². The predicted molar refractivity (Wildman–Crippen MR) is 81.7 cm³/mol. The van der Waals surface area contributed by atoms with Gasteiger partial charge in [-0.05, 0) is 37.3 Å². The molecule has 19 heavy (non-hydrogen) atoms. The van der Waals surface area contributed by atoms with Gasteiger partial charge in [0.25, 0.3) is 0 Å². The lowest BCUT2D eigenvalue weighted by atomic mass is 10.00. The molecule has 2 N–H and O–H groups in total. The Bertz CT molecular complexity index is 634. The molecular weight excluding hydrogens is 256 g/mol.